The van der Waals surface area contributed by atoms with E-state index in [0.29, 0.717) is 5.69 Å². The van der Waals surface area contributed by atoms with Crippen molar-refractivity contribution in [3.63, 3.8) is 0 Å². The van der Waals surface area contributed by atoms with Gasteiger partial charge in [-0.15, -0.1) is 0 Å². The van der Waals surface area contributed by atoms with Gasteiger partial charge in [0.2, 0.25) is 0 Å². The van der Waals surface area contributed by atoms with Gasteiger partial charge < -0.3 is 10.4 Å². The summed E-state index contributed by atoms with van der Waals surface area (Å²) in [5.74, 6) is -1.92. The van der Waals surface area contributed by atoms with Crippen LogP contribution in [0.1, 0.15) is 32.1 Å². The molecule has 3 aromatic rings. The Morgan fingerprint density at radius 1 is 0.840 bits per heavy atom. The molecular weight excluding hydrogens is 320 g/mol. The Balaban J connectivity index is 1.71. The number of amides is 1. The van der Waals surface area contributed by atoms with Gasteiger partial charge in [0.15, 0.2) is 11.4 Å². The predicted molar refractivity (Wildman–Crippen MR) is 90.4 cm³/mol. The third-order valence-corrected chi connectivity index (χ3v) is 3.49. The summed E-state index contributed by atoms with van der Waals surface area (Å²) in [6.07, 6.45) is 6.74. The van der Waals surface area contributed by atoms with Gasteiger partial charge in [0.05, 0.1) is 0 Å². The Bertz CT molecular complexity index is 896. The molecular formula is C18H14N4O3. The van der Waals surface area contributed by atoms with Gasteiger partial charge in [0, 0.05) is 30.5 Å². The number of aromatic carboxylic acids is 1. The van der Waals surface area contributed by atoms with E-state index in [1.807, 2.05) is 24.3 Å². The van der Waals surface area contributed by atoms with Crippen LogP contribution < -0.4 is 5.32 Å². The third-order valence-electron chi connectivity index (χ3n) is 3.49. The highest BCUT2D eigenvalue weighted by molar-refractivity contribution is 6.08. The second-order valence-electron chi connectivity index (χ2n) is 5.24. The van der Waals surface area contributed by atoms with E-state index in [1.54, 1.807) is 24.5 Å². The number of carboxylic acid groups (broad SMARTS) is 1. The molecule has 0 atom stereocenters. The molecule has 0 unspecified atom stereocenters. The second-order valence-corrected chi connectivity index (χ2v) is 5.24. The Morgan fingerprint density at radius 3 is 2.08 bits per heavy atom. The summed E-state index contributed by atoms with van der Waals surface area (Å²) in [5, 5.41) is 11.7. The minimum Gasteiger partial charge on any atom is -0.476 e. The summed E-state index contributed by atoms with van der Waals surface area (Å²) < 4.78 is 0. The summed E-state index contributed by atoms with van der Waals surface area (Å²) in [7, 11) is 0. The van der Waals surface area contributed by atoms with E-state index < -0.39 is 11.9 Å². The maximum atomic E-state index is 12.2. The summed E-state index contributed by atoms with van der Waals surface area (Å²) >= 11 is 0. The number of nitrogens with one attached hydrogen (secondary N) is 1. The fraction of sp³-hybridized carbons (Fsp3) is 0.0556. The van der Waals surface area contributed by atoms with Crippen LogP contribution >= 0.6 is 0 Å². The lowest BCUT2D eigenvalue weighted by atomic mass is 10.1. The van der Waals surface area contributed by atoms with Crippen LogP contribution in [-0.2, 0) is 6.42 Å². The minimum absolute atomic E-state index is 0.226. The summed E-state index contributed by atoms with van der Waals surface area (Å²) in [6.45, 7) is 0. The molecule has 0 aliphatic rings. The molecule has 1 amide bonds. The predicted octanol–water partition coefficient (Wildman–Crippen LogP) is 2.41. The third kappa shape index (κ3) is 4.03. The fourth-order valence-corrected chi connectivity index (χ4v) is 2.29. The number of rotatable bonds is 5. The molecule has 2 N–H and O–H groups in total. The smallest absolute Gasteiger partial charge is 0.356 e. The van der Waals surface area contributed by atoms with Gasteiger partial charge in [-0.1, -0.05) is 12.1 Å². The average molecular weight is 334 g/mol. The zero-order chi connectivity index (χ0) is 17.6. The van der Waals surface area contributed by atoms with Gasteiger partial charge >= 0.3 is 5.97 Å². The second kappa shape index (κ2) is 7.31. The lowest BCUT2D eigenvalue weighted by Gasteiger charge is -2.07. The van der Waals surface area contributed by atoms with Crippen molar-refractivity contribution >= 4 is 17.6 Å². The first-order valence-corrected chi connectivity index (χ1v) is 7.47. The van der Waals surface area contributed by atoms with Gasteiger partial charge in [0.25, 0.3) is 5.91 Å². The molecule has 2 heterocycles. The van der Waals surface area contributed by atoms with Crippen LogP contribution in [0.2, 0.25) is 0 Å². The highest BCUT2D eigenvalue weighted by Gasteiger charge is 2.19. The summed E-state index contributed by atoms with van der Waals surface area (Å²) in [5.41, 5.74) is 2.16. The van der Waals surface area contributed by atoms with Crippen molar-refractivity contribution in [2.24, 2.45) is 0 Å². The molecule has 25 heavy (non-hydrogen) atoms. The van der Waals surface area contributed by atoms with Gasteiger partial charge in [-0.3, -0.25) is 9.78 Å². The summed E-state index contributed by atoms with van der Waals surface area (Å²) in [6, 6.07) is 11.2. The van der Waals surface area contributed by atoms with E-state index in [2.05, 4.69) is 20.3 Å². The molecule has 7 nitrogen and oxygen atoms in total. The van der Waals surface area contributed by atoms with Crippen LogP contribution in [0.4, 0.5) is 5.69 Å². The van der Waals surface area contributed by atoms with Crippen molar-refractivity contribution in [1.82, 2.24) is 15.0 Å². The lowest BCUT2D eigenvalue weighted by Crippen LogP contribution is -2.19. The SMILES string of the molecule is O=C(O)c1nccnc1C(=O)Nc1ccc(Cc2ccncc2)cc1. The van der Waals surface area contributed by atoms with Crippen molar-refractivity contribution in [3.05, 3.63) is 83.7 Å². The Kier molecular flexibility index (Phi) is 4.75. The molecule has 0 radical (unpaired) electrons. The van der Waals surface area contributed by atoms with Crippen molar-refractivity contribution in [2.45, 2.75) is 6.42 Å². The van der Waals surface area contributed by atoms with Crippen molar-refractivity contribution < 1.29 is 14.7 Å². The highest BCUT2D eigenvalue weighted by Crippen LogP contribution is 2.14. The van der Waals surface area contributed by atoms with Gasteiger partial charge in [-0.25, -0.2) is 14.8 Å². The quantitative estimate of drug-likeness (QED) is 0.742. The highest BCUT2D eigenvalue weighted by atomic mass is 16.4. The molecule has 0 saturated carbocycles. The number of aromatic nitrogens is 3. The lowest BCUT2D eigenvalue weighted by molar-refractivity contribution is 0.0685. The zero-order valence-electron chi connectivity index (χ0n) is 13.1. The van der Waals surface area contributed by atoms with E-state index in [0.717, 1.165) is 17.5 Å². The topological polar surface area (TPSA) is 105 Å². The van der Waals surface area contributed by atoms with Crippen LogP contribution in [0, 0.1) is 0 Å². The number of pyridine rings is 1. The van der Waals surface area contributed by atoms with E-state index in [9.17, 15) is 9.59 Å². The molecule has 1 aromatic carbocycles. The largest absolute Gasteiger partial charge is 0.476 e. The first kappa shape index (κ1) is 16.3. The fourth-order valence-electron chi connectivity index (χ4n) is 2.29. The zero-order valence-corrected chi connectivity index (χ0v) is 13.1. The van der Waals surface area contributed by atoms with Crippen molar-refractivity contribution in [3.8, 4) is 0 Å². The maximum Gasteiger partial charge on any atom is 0.356 e. The van der Waals surface area contributed by atoms with E-state index in [-0.39, 0.29) is 11.4 Å². The van der Waals surface area contributed by atoms with E-state index in [1.165, 1.54) is 12.4 Å². The Morgan fingerprint density at radius 2 is 1.44 bits per heavy atom. The molecule has 0 bridgehead atoms. The number of benzene rings is 1. The summed E-state index contributed by atoms with van der Waals surface area (Å²) in [4.78, 5) is 34.8. The maximum absolute atomic E-state index is 12.2. The number of hydrogen-bond donors (Lipinski definition) is 2. The average Bonchev–Trinajstić information content (AvgIpc) is 2.64. The first-order valence-electron chi connectivity index (χ1n) is 7.47. The number of anilines is 1. The van der Waals surface area contributed by atoms with Crippen LogP contribution in [0.5, 0.6) is 0 Å². The normalized spacial score (nSPS) is 10.2. The number of hydrogen-bond acceptors (Lipinski definition) is 5. The van der Waals surface area contributed by atoms with Crippen molar-refractivity contribution in [2.75, 3.05) is 5.32 Å². The molecule has 0 saturated heterocycles. The van der Waals surface area contributed by atoms with E-state index in [4.69, 9.17) is 5.11 Å². The number of carbonyl (C=O) groups excluding carboxylic acids is 1. The Hall–Kier alpha value is -3.61. The molecule has 7 heteroatoms. The number of carboxylic acids is 1. The standard InChI is InChI=1S/C18H14N4O3/c23-17(15-16(18(24)25)21-10-9-20-15)22-14-3-1-12(2-4-14)11-13-5-7-19-8-6-13/h1-10H,11H2,(H,22,23)(H,24,25). The van der Waals surface area contributed by atoms with Crippen LogP contribution in [0.3, 0.4) is 0 Å². The molecule has 0 aliphatic carbocycles. The molecule has 0 spiro atoms. The van der Waals surface area contributed by atoms with Gasteiger partial charge in [-0.05, 0) is 41.8 Å². The Labute approximate surface area is 143 Å². The van der Waals surface area contributed by atoms with Gasteiger partial charge in [-0.2, -0.15) is 0 Å². The molecule has 0 aliphatic heterocycles. The molecule has 3 rings (SSSR count). The minimum atomic E-state index is -1.30. The number of nitrogens with zero attached hydrogens (tertiary/aromatic N) is 3. The van der Waals surface area contributed by atoms with Crippen LogP contribution in [0.25, 0.3) is 0 Å². The molecule has 0 fully saturated rings. The van der Waals surface area contributed by atoms with Crippen LogP contribution in [-0.4, -0.2) is 31.9 Å². The molecule has 124 valence electrons. The van der Waals surface area contributed by atoms with Gasteiger partial charge in [0.1, 0.15) is 0 Å². The number of carbonyl (C=O) groups is 2. The molecule has 2 aromatic heterocycles. The monoisotopic (exact) mass is 334 g/mol. The van der Waals surface area contributed by atoms with Crippen LogP contribution in [0.15, 0.2) is 61.2 Å². The first-order chi connectivity index (χ1) is 12.1. The van der Waals surface area contributed by atoms with E-state index >= 15 is 0 Å². The van der Waals surface area contributed by atoms with Crippen molar-refractivity contribution in [1.29, 1.82) is 0 Å².